The number of alkyl halides is 3. The third-order valence-corrected chi connectivity index (χ3v) is 5.05. The highest BCUT2D eigenvalue weighted by Crippen LogP contribution is 2.38. The Morgan fingerprint density at radius 3 is 2.61 bits per heavy atom. The normalized spacial score (nSPS) is 11.8. The molecule has 148 valence electrons. The molecule has 0 unspecified atom stereocenters. The number of nitrogens with one attached hydrogen (secondary N) is 1. The van der Waals surface area contributed by atoms with Gasteiger partial charge in [-0.25, -0.2) is 0 Å². The number of para-hydroxylation sites is 1. The SMILES string of the molecule is O=C(CN(Cc1ccco1)Cc1cccs1)Nc1c(Cl)cccc1C(F)(F)F. The van der Waals surface area contributed by atoms with Crippen molar-refractivity contribution in [2.45, 2.75) is 19.3 Å². The number of carbonyl (C=O) groups excluding carboxylic acids is 1. The highest BCUT2D eigenvalue weighted by molar-refractivity contribution is 7.09. The van der Waals surface area contributed by atoms with Gasteiger partial charge < -0.3 is 9.73 Å². The average Bonchev–Trinajstić information content (AvgIpc) is 3.29. The molecule has 1 aromatic carbocycles. The average molecular weight is 429 g/mol. The van der Waals surface area contributed by atoms with Crippen LogP contribution in [0, 0.1) is 0 Å². The van der Waals surface area contributed by atoms with Gasteiger partial charge in [-0.2, -0.15) is 13.2 Å². The molecule has 1 amide bonds. The van der Waals surface area contributed by atoms with E-state index in [-0.39, 0.29) is 11.6 Å². The molecule has 0 radical (unpaired) electrons. The van der Waals surface area contributed by atoms with Gasteiger partial charge in [0.25, 0.3) is 0 Å². The van der Waals surface area contributed by atoms with E-state index in [0.717, 1.165) is 10.9 Å². The number of rotatable bonds is 7. The fourth-order valence-electron chi connectivity index (χ4n) is 2.68. The first-order valence-electron chi connectivity index (χ1n) is 8.25. The van der Waals surface area contributed by atoms with Crippen LogP contribution < -0.4 is 5.32 Å². The van der Waals surface area contributed by atoms with Crippen molar-refractivity contribution in [1.29, 1.82) is 0 Å². The van der Waals surface area contributed by atoms with Crippen molar-refractivity contribution in [1.82, 2.24) is 4.90 Å². The second-order valence-electron chi connectivity index (χ2n) is 6.01. The Labute approximate surface area is 168 Å². The summed E-state index contributed by atoms with van der Waals surface area (Å²) in [5.41, 5.74) is -1.42. The van der Waals surface area contributed by atoms with E-state index in [4.69, 9.17) is 16.0 Å². The monoisotopic (exact) mass is 428 g/mol. The van der Waals surface area contributed by atoms with Crippen LogP contribution in [0.1, 0.15) is 16.2 Å². The molecule has 9 heteroatoms. The summed E-state index contributed by atoms with van der Waals surface area (Å²) in [4.78, 5) is 15.3. The number of halogens is 4. The van der Waals surface area contributed by atoms with Crippen molar-refractivity contribution in [2.24, 2.45) is 0 Å². The Bertz CT molecular complexity index is 876. The maximum Gasteiger partial charge on any atom is 0.418 e. The van der Waals surface area contributed by atoms with Crippen LogP contribution in [0.25, 0.3) is 0 Å². The molecule has 0 saturated heterocycles. The molecule has 2 heterocycles. The molecule has 0 spiro atoms. The van der Waals surface area contributed by atoms with Crippen molar-refractivity contribution < 1.29 is 22.4 Å². The highest BCUT2D eigenvalue weighted by atomic mass is 35.5. The van der Waals surface area contributed by atoms with Gasteiger partial charge in [-0.3, -0.25) is 9.69 Å². The first-order valence-corrected chi connectivity index (χ1v) is 9.51. The lowest BCUT2D eigenvalue weighted by atomic mass is 10.1. The lowest BCUT2D eigenvalue weighted by Crippen LogP contribution is -2.32. The zero-order chi connectivity index (χ0) is 20.1. The van der Waals surface area contributed by atoms with E-state index in [9.17, 15) is 18.0 Å². The number of thiophene rings is 1. The van der Waals surface area contributed by atoms with Crippen LogP contribution in [0.3, 0.4) is 0 Å². The first-order chi connectivity index (χ1) is 13.3. The van der Waals surface area contributed by atoms with Crippen LogP contribution in [0.15, 0.2) is 58.5 Å². The fraction of sp³-hybridized carbons (Fsp3) is 0.211. The van der Waals surface area contributed by atoms with Crippen LogP contribution in [0.2, 0.25) is 5.02 Å². The molecule has 2 aromatic heterocycles. The molecule has 0 aliphatic carbocycles. The van der Waals surface area contributed by atoms with Crippen molar-refractivity contribution in [2.75, 3.05) is 11.9 Å². The summed E-state index contributed by atoms with van der Waals surface area (Å²) in [6.45, 7) is 0.675. The molecule has 3 rings (SSSR count). The predicted molar refractivity (Wildman–Crippen MR) is 102 cm³/mol. The fourth-order valence-corrected chi connectivity index (χ4v) is 3.65. The third-order valence-electron chi connectivity index (χ3n) is 3.87. The van der Waals surface area contributed by atoms with Gasteiger partial charge in [-0.05, 0) is 35.7 Å². The summed E-state index contributed by atoms with van der Waals surface area (Å²) in [6, 6.07) is 10.7. The Kier molecular flexibility index (Phi) is 6.43. The van der Waals surface area contributed by atoms with Crippen molar-refractivity contribution in [3.63, 3.8) is 0 Å². The number of carbonyl (C=O) groups is 1. The second kappa shape index (κ2) is 8.81. The van der Waals surface area contributed by atoms with Crippen molar-refractivity contribution in [3.8, 4) is 0 Å². The zero-order valence-electron chi connectivity index (χ0n) is 14.5. The van der Waals surface area contributed by atoms with E-state index in [1.54, 1.807) is 17.0 Å². The minimum atomic E-state index is -4.63. The van der Waals surface area contributed by atoms with Crippen LogP contribution in [0.5, 0.6) is 0 Å². The van der Waals surface area contributed by atoms with E-state index in [1.807, 2.05) is 17.5 Å². The van der Waals surface area contributed by atoms with Gasteiger partial charge >= 0.3 is 6.18 Å². The Morgan fingerprint density at radius 1 is 1.14 bits per heavy atom. The van der Waals surface area contributed by atoms with E-state index in [0.29, 0.717) is 18.8 Å². The smallest absolute Gasteiger partial charge is 0.418 e. The van der Waals surface area contributed by atoms with Crippen LogP contribution in [-0.4, -0.2) is 17.4 Å². The topological polar surface area (TPSA) is 45.5 Å². The van der Waals surface area contributed by atoms with Gasteiger partial charge in [0.2, 0.25) is 5.91 Å². The molecule has 0 atom stereocenters. The molecular formula is C19H16ClF3N2O2S. The van der Waals surface area contributed by atoms with Gasteiger partial charge in [-0.1, -0.05) is 23.7 Å². The van der Waals surface area contributed by atoms with E-state index >= 15 is 0 Å². The molecule has 4 nitrogen and oxygen atoms in total. The number of anilines is 1. The Morgan fingerprint density at radius 2 is 1.96 bits per heavy atom. The minimum Gasteiger partial charge on any atom is -0.468 e. The van der Waals surface area contributed by atoms with Crippen LogP contribution >= 0.6 is 22.9 Å². The quantitative estimate of drug-likeness (QED) is 0.528. The Hall–Kier alpha value is -2.29. The number of furan rings is 1. The maximum absolute atomic E-state index is 13.2. The predicted octanol–water partition coefficient (Wildman–Crippen LogP) is 5.65. The third kappa shape index (κ3) is 5.37. The van der Waals surface area contributed by atoms with Gasteiger partial charge in [0.05, 0.1) is 35.6 Å². The highest BCUT2D eigenvalue weighted by Gasteiger charge is 2.34. The summed E-state index contributed by atoms with van der Waals surface area (Å²) in [7, 11) is 0. The number of nitrogens with zero attached hydrogens (tertiary/aromatic N) is 1. The van der Waals surface area contributed by atoms with Crippen molar-refractivity contribution in [3.05, 3.63) is 75.3 Å². The van der Waals surface area contributed by atoms with Gasteiger partial charge in [0.15, 0.2) is 0 Å². The standard InChI is InChI=1S/C19H16ClF3N2O2S/c20-16-7-1-6-15(19(21,22)23)18(16)24-17(26)12-25(10-13-4-2-8-27-13)11-14-5-3-9-28-14/h1-9H,10-12H2,(H,24,26). The number of hydrogen-bond acceptors (Lipinski definition) is 4. The summed E-state index contributed by atoms with van der Waals surface area (Å²) in [5, 5.41) is 4.06. The lowest BCUT2D eigenvalue weighted by Gasteiger charge is -2.21. The largest absolute Gasteiger partial charge is 0.468 e. The molecule has 28 heavy (non-hydrogen) atoms. The second-order valence-corrected chi connectivity index (χ2v) is 7.45. The van der Waals surface area contributed by atoms with Gasteiger partial charge in [-0.15, -0.1) is 11.3 Å². The Balaban J connectivity index is 1.75. The molecule has 0 bridgehead atoms. The van der Waals surface area contributed by atoms with E-state index in [2.05, 4.69) is 5.32 Å². The van der Waals surface area contributed by atoms with Crippen molar-refractivity contribution >= 4 is 34.5 Å². The van der Waals surface area contributed by atoms with Gasteiger partial charge in [0, 0.05) is 11.4 Å². The first kappa shape index (κ1) is 20.4. The lowest BCUT2D eigenvalue weighted by molar-refractivity contribution is -0.137. The van der Waals surface area contributed by atoms with Gasteiger partial charge in [0.1, 0.15) is 5.76 Å². The van der Waals surface area contributed by atoms with Crippen LogP contribution in [-0.2, 0) is 24.1 Å². The molecule has 0 aliphatic rings. The summed E-state index contributed by atoms with van der Waals surface area (Å²) in [6.07, 6.45) is -3.10. The molecule has 0 fully saturated rings. The van der Waals surface area contributed by atoms with Crippen LogP contribution in [0.4, 0.5) is 18.9 Å². The summed E-state index contributed by atoms with van der Waals surface area (Å²) >= 11 is 7.43. The van der Waals surface area contributed by atoms with E-state index in [1.165, 1.54) is 29.7 Å². The zero-order valence-corrected chi connectivity index (χ0v) is 16.1. The summed E-state index contributed by atoms with van der Waals surface area (Å²) in [5.74, 6) is 0.0554. The molecule has 1 N–H and O–H groups in total. The molecule has 0 aliphatic heterocycles. The minimum absolute atomic E-state index is 0.124. The van der Waals surface area contributed by atoms with E-state index < -0.39 is 23.3 Å². The number of benzene rings is 1. The number of hydrogen-bond donors (Lipinski definition) is 1. The molecular weight excluding hydrogens is 413 g/mol. The maximum atomic E-state index is 13.2. The number of amides is 1. The molecule has 0 saturated carbocycles. The molecule has 3 aromatic rings. The summed E-state index contributed by atoms with van der Waals surface area (Å²) < 4.78 is 45.0.